The number of benzene rings is 1. The second-order valence-corrected chi connectivity index (χ2v) is 5.16. The third kappa shape index (κ3) is 3.20. The normalized spacial score (nSPS) is 22.9. The van der Waals surface area contributed by atoms with E-state index in [4.69, 9.17) is 0 Å². The first-order valence-electron chi connectivity index (χ1n) is 7.12. The van der Waals surface area contributed by atoms with Crippen molar-refractivity contribution in [3.8, 4) is 0 Å². The predicted molar refractivity (Wildman–Crippen MR) is 73.4 cm³/mol. The van der Waals surface area contributed by atoms with Crippen LogP contribution in [0.15, 0.2) is 24.3 Å². The molecule has 1 N–H and O–H groups in total. The van der Waals surface area contributed by atoms with Gasteiger partial charge in [-0.25, -0.2) is 0 Å². The van der Waals surface area contributed by atoms with Gasteiger partial charge in [0, 0.05) is 6.54 Å². The molecule has 2 atom stereocenters. The first-order chi connectivity index (χ1) is 9.88. The maximum atomic E-state index is 12.8. The molecule has 2 rings (SSSR count). The lowest BCUT2D eigenvalue weighted by Gasteiger charge is -2.23. The summed E-state index contributed by atoms with van der Waals surface area (Å²) in [7, 11) is 0. The summed E-state index contributed by atoms with van der Waals surface area (Å²) in [6.45, 7) is 4.27. The van der Waals surface area contributed by atoms with Crippen LogP contribution in [0.2, 0.25) is 0 Å². The number of rotatable bonds is 4. The molecule has 0 aliphatic carbocycles. The van der Waals surface area contributed by atoms with Gasteiger partial charge < -0.3 is 4.90 Å². The molecule has 1 heterocycles. The van der Waals surface area contributed by atoms with Gasteiger partial charge in [-0.05, 0) is 31.0 Å². The number of alkyl halides is 3. The van der Waals surface area contributed by atoms with Crippen molar-refractivity contribution < 1.29 is 18.0 Å². The molecule has 1 saturated heterocycles. The Balaban J connectivity index is 2.30. The van der Waals surface area contributed by atoms with Gasteiger partial charge in [-0.1, -0.05) is 25.5 Å². The summed E-state index contributed by atoms with van der Waals surface area (Å²) < 4.78 is 38.4. The van der Waals surface area contributed by atoms with Gasteiger partial charge in [-0.3, -0.25) is 10.1 Å². The largest absolute Gasteiger partial charge is 0.416 e. The van der Waals surface area contributed by atoms with Crippen molar-refractivity contribution in [2.45, 2.75) is 45.1 Å². The average molecular weight is 300 g/mol. The molecular weight excluding hydrogens is 281 g/mol. The summed E-state index contributed by atoms with van der Waals surface area (Å²) in [6.07, 6.45) is -3.33. The number of nitrogens with zero attached hydrogens (tertiary/aromatic N) is 1. The molecule has 3 nitrogen and oxygen atoms in total. The van der Waals surface area contributed by atoms with E-state index in [1.807, 2.05) is 13.8 Å². The van der Waals surface area contributed by atoms with Gasteiger partial charge in [0.1, 0.15) is 6.17 Å². The molecule has 0 bridgehead atoms. The summed E-state index contributed by atoms with van der Waals surface area (Å²) in [5.74, 6) is -0.0400. The number of amides is 1. The lowest BCUT2D eigenvalue weighted by atomic mass is 10.1. The van der Waals surface area contributed by atoms with Crippen LogP contribution in [0.5, 0.6) is 0 Å². The van der Waals surface area contributed by atoms with Gasteiger partial charge in [0.2, 0.25) is 5.91 Å². The minimum atomic E-state index is -4.38. The lowest BCUT2D eigenvalue weighted by molar-refractivity contribution is -0.137. The van der Waals surface area contributed by atoms with Crippen LogP contribution in [-0.4, -0.2) is 23.4 Å². The Labute approximate surface area is 122 Å². The number of hydrogen-bond donors (Lipinski definition) is 1. The Morgan fingerprint density at radius 1 is 1.29 bits per heavy atom. The van der Waals surface area contributed by atoms with Gasteiger partial charge in [-0.15, -0.1) is 0 Å². The summed E-state index contributed by atoms with van der Waals surface area (Å²) in [5, 5.41) is 3.15. The van der Waals surface area contributed by atoms with Crippen molar-refractivity contribution in [3.63, 3.8) is 0 Å². The van der Waals surface area contributed by atoms with E-state index in [-0.39, 0.29) is 11.9 Å². The summed E-state index contributed by atoms with van der Waals surface area (Å²) in [6, 6.07) is 4.85. The topological polar surface area (TPSA) is 32.3 Å². The maximum Gasteiger partial charge on any atom is 0.416 e. The quantitative estimate of drug-likeness (QED) is 0.925. The Bertz CT molecular complexity index is 516. The second-order valence-electron chi connectivity index (χ2n) is 5.16. The van der Waals surface area contributed by atoms with Crippen LogP contribution in [0.25, 0.3) is 0 Å². The van der Waals surface area contributed by atoms with Crippen LogP contribution in [0.4, 0.5) is 13.2 Å². The fourth-order valence-corrected chi connectivity index (χ4v) is 2.67. The first-order valence-corrected chi connectivity index (χ1v) is 7.12. The molecule has 2 unspecified atom stereocenters. The van der Waals surface area contributed by atoms with Crippen molar-refractivity contribution >= 4 is 5.91 Å². The number of carbonyl (C=O) groups excluding carboxylic acids is 1. The van der Waals surface area contributed by atoms with E-state index in [9.17, 15) is 18.0 Å². The number of halogens is 3. The summed E-state index contributed by atoms with van der Waals surface area (Å²) in [4.78, 5) is 13.8. The van der Waals surface area contributed by atoms with Crippen LogP contribution < -0.4 is 5.32 Å². The van der Waals surface area contributed by atoms with Crippen molar-refractivity contribution in [1.29, 1.82) is 0 Å². The zero-order valence-corrected chi connectivity index (χ0v) is 12.1. The highest BCUT2D eigenvalue weighted by molar-refractivity contribution is 5.84. The van der Waals surface area contributed by atoms with Crippen molar-refractivity contribution in [1.82, 2.24) is 10.2 Å². The van der Waals surface area contributed by atoms with Crippen LogP contribution in [0, 0.1) is 0 Å². The molecule has 116 valence electrons. The second kappa shape index (κ2) is 6.05. The van der Waals surface area contributed by atoms with E-state index >= 15 is 0 Å². The van der Waals surface area contributed by atoms with Crippen LogP contribution >= 0.6 is 0 Å². The van der Waals surface area contributed by atoms with E-state index < -0.39 is 17.9 Å². The SMILES string of the molecule is CCCC1NC(c2cccc(C(F)(F)F)c2)N(CC)C1=O. The summed E-state index contributed by atoms with van der Waals surface area (Å²) in [5.41, 5.74) is -0.220. The number of nitrogens with one attached hydrogen (secondary N) is 1. The molecular formula is C15H19F3N2O. The highest BCUT2D eigenvalue weighted by Crippen LogP contribution is 2.33. The molecule has 21 heavy (non-hydrogen) atoms. The monoisotopic (exact) mass is 300 g/mol. The van der Waals surface area contributed by atoms with Gasteiger partial charge >= 0.3 is 6.18 Å². The smallest absolute Gasteiger partial charge is 0.322 e. The van der Waals surface area contributed by atoms with Gasteiger partial charge in [-0.2, -0.15) is 13.2 Å². The van der Waals surface area contributed by atoms with Crippen molar-refractivity contribution in [2.75, 3.05) is 6.54 Å². The third-order valence-corrected chi connectivity index (χ3v) is 3.70. The average Bonchev–Trinajstić information content (AvgIpc) is 2.75. The number of likely N-dealkylation sites (N-methyl/N-ethyl adjacent to an activating group) is 1. The minimum Gasteiger partial charge on any atom is -0.322 e. The van der Waals surface area contributed by atoms with E-state index in [2.05, 4.69) is 5.32 Å². The molecule has 1 amide bonds. The number of hydrogen-bond acceptors (Lipinski definition) is 2. The standard InChI is InChI=1S/C15H19F3N2O/c1-3-6-12-14(21)20(4-2)13(19-12)10-7-5-8-11(9-10)15(16,17)18/h5,7-9,12-13,19H,3-4,6H2,1-2H3. The summed E-state index contributed by atoms with van der Waals surface area (Å²) >= 11 is 0. The molecule has 1 aliphatic rings. The Morgan fingerprint density at radius 3 is 2.57 bits per heavy atom. The van der Waals surface area contributed by atoms with Crippen molar-refractivity contribution in [2.24, 2.45) is 0 Å². The molecule has 1 fully saturated rings. The fourth-order valence-electron chi connectivity index (χ4n) is 2.67. The molecule has 0 saturated carbocycles. The van der Waals surface area contributed by atoms with Crippen LogP contribution in [-0.2, 0) is 11.0 Å². The van der Waals surface area contributed by atoms with Gasteiger partial charge in [0.25, 0.3) is 0 Å². The maximum absolute atomic E-state index is 12.8. The third-order valence-electron chi connectivity index (χ3n) is 3.70. The van der Waals surface area contributed by atoms with Crippen molar-refractivity contribution in [3.05, 3.63) is 35.4 Å². The number of carbonyl (C=O) groups is 1. The molecule has 0 radical (unpaired) electrons. The Morgan fingerprint density at radius 2 is 2.00 bits per heavy atom. The Hall–Kier alpha value is -1.56. The Kier molecular flexibility index (Phi) is 4.56. The molecule has 0 spiro atoms. The van der Waals surface area contributed by atoms with E-state index in [1.165, 1.54) is 6.07 Å². The predicted octanol–water partition coefficient (Wildman–Crippen LogP) is 3.32. The van der Waals surface area contributed by atoms with E-state index in [1.54, 1.807) is 11.0 Å². The van der Waals surface area contributed by atoms with Crippen LogP contribution in [0.3, 0.4) is 0 Å². The van der Waals surface area contributed by atoms with E-state index in [0.29, 0.717) is 18.5 Å². The first kappa shape index (κ1) is 15.8. The highest BCUT2D eigenvalue weighted by Gasteiger charge is 2.39. The zero-order valence-electron chi connectivity index (χ0n) is 12.1. The molecule has 1 aromatic carbocycles. The minimum absolute atomic E-state index is 0.0400. The molecule has 1 aromatic rings. The molecule has 1 aliphatic heterocycles. The molecule has 6 heteroatoms. The highest BCUT2D eigenvalue weighted by atomic mass is 19.4. The zero-order chi connectivity index (χ0) is 15.6. The lowest BCUT2D eigenvalue weighted by Crippen LogP contribution is -2.30. The van der Waals surface area contributed by atoms with Crippen LogP contribution in [0.1, 0.15) is 44.0 Å². The van der Waals surface area contributed by atoms with Gasteiger partial charge in [0.05, 0.1) is 11.6 Å². The molecule has 0 aromatic heterocycles. The van der Waals surface area contributed by atoms with E-state index in [0.717, 1.165) is 18.6 Å². The fraction of sp³-hybridized carbons (Fsp3) is 0.533. The van der Waals surface area contributed by atoms with Gasteiger partial charge in [0.15, 0.2) is 0 Å².